The van der Waals surface area contributed by atoms with E-state index in [0.717, 1.165) is 17.9 Å². The van der Waals surface area contributed by atoms with Crippen molar-refractivity contribution in [3.63, 3.8) is 0 Å². The first-order valence-electron chi connectivity index (χ1n) is 10.9. The maximum Gasteiger partial charge on any atom is 0.253 e. The molecule has 1 rings (SSSR count). The Morgan fingerprint density at radius 2 is 1.66 bits per heavy atom. The van der Waals surface area contributed by atoms with Crippen LogP contribution in [0.1, 0.15) is 41.2 Å². The molecule has 8 heteroatoms. The van der Waals surface area contributed by atoms with Crippen molar-refractivity contribution >= 4 is 18.1 Å². The van der Waals surface area contributed by atoms with E-state index in [9.17, 15) is 9.18 Å². The zero-order valence-electron chi connectivity index (χ0n) is 19.7. The van der Waals surface area contributed by atoms with E-state index in [4.69, 9.17) is 14.2 Å². The fraction of sp³-hybridized carbons (Fsp3) is 0.542. The molecule has 0 aromatic carbocycles. The lowest BCUT2D eigenvalue weighted by Crippen LogP contribution is -2.28. The quantitative estimate of drug-likeness (QED) is 0.336. The SMILES string of the molecule is C=CNCCOCCOCCOCCNC(=O)c1c(C=C)c(/C=C(/C)CF)n(C)c1CC. The van der Waals surface area contributed by atoms with Crippen LogP contribution in [0.2, 0.25) is 0 Å². The fourth-order valence-corrected chi connectivity index (χ4v) is 3.20. The summed E-state index contributed by atoms with van der Waals surface area (Å²) in [6.45, 7) is 14.6. The van der Waals surface area contributed by atoms with Crippen molar-refractivity contribution in [3.8, 4) is 0 Å². The van der Waals surface area contributed by atoms with E-state index in [2.05, 4.69) is 23.8 Å². The van der Waals surface area contributed by atoms with Gasteiger partial charge in [0.25, 0.3) is 5.91 Å². The lowest BCUT2D eigenvalue weighted by molar-refractivity contribution is 0.0160. The van der Waals surface area contributed by atoms with Crippen molar-refractivity contribution in [1.82, 2.24) is 15.2 Å². The third-order valence-electron chi connectivity index (χ3n) is 4.77. The first kappa shape index (κ1) is 27.6. The first-order chi connectivity index (χ1) is 15.5. The van der Waals surface area contributed by atoms with Crippen LogP contribution in [0, 0.1) is 0 Å². The van der Waals surface area contributed by atoms with Gasteiger partial charge in [0.2, 0.25) is 0 Å². The molecule has 0 unspecified atom stereocenters. The molecule has 1 aromatic rings. The zero-order valence-corrected chi connectivity index (χ0v) is 19.7. The summed E-state index contributed by atoms with van der Waals surface area (Å²) in [5.74, 6) is -0.187. The lowest BCUT2D eigenvalue weighted by Gasteiger charge is -2.09. The second kappa shape index (κ2) is 16.2. The van der Waals surface area contributed by atoms with Gasteiger partial charge in [0.05, 0.1) is 45.2 Å². The number of alkyl halides is 1. The van der Waals surface area contributed by atoms with Crippen molar-refractivity contribution in [3.05, 3.63) is 47.4 Å². The predicted molar refractivity (Wildman–Crippen MR) is 127 cm³/mol. The number of allylic oxidation sites excluding steroid dienone is 1. The zero-order chi connectivity index (χ0) is 23.8. The summed E-state index contributed by atoms with van der Waals surface area (Å²) in [5, 5.41) is 5.85. The minimum Gasteiger partial charge on any atom is -0.389 e. The third-order valence-corrected chi connectivity index (χ3v) is 4.77. The number of nitrogens with one attached hydrogen (secondary N) is 2. The van der Waals surface area contributed by atoms with Gasteiger partial charge in [0.1, 0.15) is 6.67 Å². The maximum atomic E-state index is 13.0. The molecule has 0 aliphatic rings. The maximum absolute atomic E-state index is 13.0. The number of rotatable bonds is 18. The van der Waals surface area contributed by atoms with Gasteiger partial charge in [-0.25, -0.2) is 4.39 Å². The molecule has 1 aromatic heterocycles. The van der Waals surface area contributed by atoms with E-state index in [1.165, 1.54) is 0 Å². The van der Waals surface area contributed by atoms with Crippen LogP contribution in [0.5, 0.6) is 0 Å². The van der Waals surface area contributed by atoms with E-state index in [1.807, 2.05) is 18.5 Å². The van der Waals surface area contributed by atoms with E-state index in [-0.39, 0.29) is 5.91 Å². The lowest BCUT2D eigenvalue weighted by atomic mass is 10.1. The molecule has 0 fully saturated rings. The molecule has 0 saturated heterocycles. The normalized spacial score (nSPS) is 11.4. The van der Waals surface area contributed by atoms with Gasteiger partial charge in [-0.05, 0) is 31.2 Å². The number of aromatic nitrogens is 1. The van der Waals surface area contributed by atoms with Crippen LogP contribution in [0.15, 0.2) is 24.9 Å². The topological polar surface area (TPSA) is 73.8 Å². The standard InChI is InChI=1S/C24H38FN3O4/c1-6-20-22(17-19(4)18-25)28(5)21(7-2)23(20)24(29)27-10-12-31-14-16-32-15-13-30-11-9-26-8-3/h6,8,17,26H,1,3,7,9-16,18H2,2,4-5H3,(H,27,29)/b19-17-. The Morgan fingerprint density at radius 3 is 2.19 bits per heavy atom. The molecule has 2 N–H and O–H groups in total. The highest BCUT2D eigenvalue weighted by atomic mass is 19.1. The van der Waals surface area contributed by atoms with Crippen molar-refractivity contribution in [2.75, 3.05) is 59.4 Å². The summed E-state index contributed by atoms with van der Waals surface area (Å²) in [5.41, 5.74) is 3.55. The summed E-state index contributed by atoms with van der Waals surface area (Å²) in [4.78, 5) is 12.9. The van der Waals surface area contributed by atoms with Crippen LogP contribution in [0.3, 0.4) is 0 Å². The van der Waals surface area contributed by atoms with Crippen LogP contribution >= 0.6 is 0 Å². The Labute approximate surface area is 191 Å². The molecular formula is C24H38FN3O4. The van der Waals surface area contributed by atoms with Crippen LogP contribution in [-0.2, 0) is 27.7 Å². The Kier molecular flexibility index (Phi) is 14.0. The van der Waals surface area contributed by atoms with Gasteiger partial charge in [0, 0.05) is 37.1 Å². The smallest absolute Gasteiger partial charge is 0.253 e. The van der Waals surface area contributed by atoms with Crippen LogP contribution in [-0.4, -0.2) is 69.9 Å². The molecule has 180 valence electrons. The largest absolute Gasteiger partial charge is 0.389 e. The van der Waals surface area contributed by atoms with Crippen LogP contribution in [0.4, 0.5) is 4.39 Å². The van der Waals surface area contributed by atoms with Gasteiger partial charge in [-0.1, -0.05) is 26.2 Å². The average Bonchev–Trinajstić information content (AvgIpc) is 3.07. The number of hydrogen-bond donors (Lipinski definition) is 2. The van der Waals surface area contributed by atoms with Crippen molar-refractivity contribution in [1.29, 1.82) is 0 Å². The van der Waals surface area contributed by atoms with E-state index in [1.54, 1.807) is 25.3 Å². The minimum atomic E-state index is -0.536. The number of nitrogens with zero attached hydrogens (tertiary/aromatic N) is 1. The monoisotopic (exact) mass is 451 g/mol. The summed E-state index contributed by atoms with van der Waals surface area (Å²) in [7, 11) is 1.88. The Bertz CT molecular complexity index is 759. The van der Waals surface area contributed by atoms with Gasteiger partial charge in [-0.3, -0.25) is 4.79 Å². The van der Waals surface area contributed by atoms with Gasteiger partial charge in [-0.15, -0.1) is 0 Å². The molecule has 0 aliphatic heterocycles. The summed E-state index contributed by atoms with van der Waals surface area (Å²) in [6, 6.07) is 0. The Hall–Kier alpha value is -2.42. The molecule has 1 heterocycles. The minimum absolute atomic E-state index is 0.187. The van der Waals surface area contributed by atoms with Gasteiger partial charge in [-0.2, -0.15) is 0 Å². The third kappa shape index (κ3) is 8.98. The first-order valence-corrected chi connectivity index (χ1v) is 10.9. The van der Waals surface area contributed by atoms with Crippen molar-refractivity contribution in [2.24, 2.45) is 7.05 Å². The number of carbonyl (C=O) groups is 1. The molecule has 0 spiro atoms. The predicted octanol–water partition coefficient (Wildman–Crippen LogP) is 3.12. The number of ether oxygens (including phenoxy) is 3. The fourth-order valence-electron chi connectivity index (χ4n) is 3.20. The van der Waals surface area contributed by atoms with Gasteiger partial charge in [0.15, 0.2) is 0 Å². The van der Waals surface area contributed by atoms with E-state index < -0.39 is 6.67 Å². The number of hydrogen-bond acceptors (Lipinski definition) is 5. The van der Waals surface area contributed by atoms with Gasteiger partial charge >= 0.3 is 0 Å². The Balaban J connectivity index is 2.42. The molecule has 1 amide bonds. The number of amides is 1. The molecule has 0 atom stereocenters. The second-order valence-corrected chi connectivity index (χ2v) is 7.11. The summed E-state index contributed by atoms with van der Waals surface area (Å²) >= 11 is 0. The summed E-state index contributed by atoms with van der Waals surface area (Å²) < 4.78 is 31.2. The highest BCUT2D eigenvalue weighted by Gasteiger charge is 2.22. The molecule has 0 radical (unpaired) electrons. The number of carbonyl (C=O) groups excluding carboxylic acids is 1. The molecular weight excluding hydrogens is 413 g/mol. The molecule has 7 nitrogen and oxygen atoms in total. The van der Waals surface area contributed by atoms with Crippen LogP contribution < -0.4 is 10.6 Å². The van der Waals surface area contributed by atoms with E-state index >= 15 is 0 Å². The highest BCUT2D eigenvalue weighted by Crippen LogP contribution is 2.26. The highest BCUT2D eigenvalue weighted by molar-refractivity contribution is 6.00. The average molecular weight is 452 g/mol. The number of halogens is 1. The molecule has 0 aliphatic carbocycles. The van der Waals surface area contributed by atoms with Gasteiger partial charge < -0.3 is 29.4 Å². The molecule has 32 heavy (non-hydrogen) atoms. The Morgan fingerprint density at radius 1 is 1.06 bits per heavy atom. The van der Waals surface area contributed by atoms with Crippen molar-refractivity contribution in [2.45, 2.75) is 20.3 Å². The summed E-state index contributed by atoms with van der Waals surface area (Å²) in [6.07, 6.45) is 5.72. The second-order valence-electron chi connectivity index (χ2n) is 7.11. The van der Waals surface area contributed by atoms with Crippen LogP contribution in [0.25, 0.3) is 12.2 Å². The van der Waals surface area contributed by atoms with Crippen molar-refractivity contribution < 1.29 is 23.4 Å². The molecule has 0 bridgehead atoms. The molecule has 0 saturated carbocycles. The van der Waals surface area contributed by atoms with E-state index in [0.29, 0.717) is 69.3 Å².